The normalized spacial score (nSPS) is 11.6. The van der Waals surface area contributed by atoms with Gasteiger partial charge in [-0.1, -0.05) is 29.8 Å². The van der Waals surface area contributed by atoms with Gasteiger partial charge in [-0.15, -0.1) is 0 Å². The molecule has 136 valence electrons. The van der Waals surface area contributed by atoms with Crippen molar-refractivity contribution in [3.63, 3.8) is 0 Å². The minimum Gasteiger partial charge on any atom is -0.351 e. The van der Waals surface area contributed by atoms with Crippen molar-refractivity contribution in [3.05, 3.63) is 64.8 Å². The first-order valence-electron chi connectivity index (χ1n) is 7.98. The zero-order valence-corrected chi connectivity index (χ0v) is 15.6. The van der Waals surface area contributed by atoms with Crippen LogP contribution in [0.2, 0.25) is 5.02 Å². The molecule has 0 saturated heterocycles. The van der Waals surface area contributed by atoms with E-state index >= 15 is 0 Å². The number of nitrogens with one attached hydrogen (secondary N) is 3. The van der Waals surface area contributed by atoms with Crippen LogP contribution in [0.15, 0.2) is 53.4 Å². The van der Waals surface area contributed by atoms with Gasteiger partial charge in [0.15, 0.2) is 0 Å². The molecule has 3 rings (SSSR count). The van der Waals surface area contributed by atoms with Crippen molar-refractivity contribution in [3.8, 4) is 0 Å². The highest BCUT2D eigenvalue weighted by atomic mass is 35.5. The predicted molar refractivity (Wildman–Crippen MR) is 102 cm³/mol. The summed E-state index contributed by atoms with van der Waals surface area (Å²) in [4.78, 5) is 15.3. The number of amides is 1. The van der Waals surface area contributed by atoms with Gasteiger partial charge in [-0.2, -0.15) is 0 Å². The van der Waals surface area contributed by atoms with Crippen molar-refractivity contribution in [2.75, 3.05) is 13.1 Å². The number of benzene rings is 2. The van der Waals surface area contributed by atoms with Gasteiger partial charge in [-0.05, 0) is 42.8 Å². The standard InChI is InChI=1S/C18H18ClN3O3S/c1-12-5-6-13-10-17(22-16(13)9-12)18(23)20-7-8-21-26(24,25)15-4-2-3-14(19)11-15/h2-6,9-11,21-22H,7-8H2,1H3,(H,20,23). The molecule has 0 aliphatic carbocycles. The number of halogens is 1. The van der Waals surface area contributed by atoms with Crippen molar-refractivity contribution >= 4 is 38.4 Å². The summed E-state index contributed by atoms with van der Waals surface area (Å²) < 4.78 is 26.8. The first-order valence-corrected chi connectivity index (χ1v) is 9.84. The maximum absolute atomic E-state index is 12.2. The fourth-order valence-corrected chi connectivity index (χ4v) is 3.87. The minimum absolute atomic E-state index is 0.0694. The Morgan fingerprint density at radius 2 is 1.92 bits per heavy atom. The highest BCUT2D eigenvalue weighted by Gasteiger charge is 2.14. The molecule has 0 atom stereocenters. The van der Waals surface area contributed by atoms with E-state index in [0.717, 1.165) is 16.5 Å². The molecule has 2 aromatic carbocycles. The quantitative estimate of drug-likeness (QED) is 0.564. The van der Waals surface area contributed by atoms with E-state index in [1.54, 1.807) is 18.2 Å². The summed E-state index contributed by atoms with van der Waals surface area (Å²) in [7, 11) is -3.66. The van der Waals surface area contributed by atoms with E-state index in [1.165, 1.54) is 12.1 Å². The van der Waals surface area contributed by atoms with Crippen LogP contribution in [-0.4, -0.2) is 32.4 Å². The molecule has 0 bridgehead atoms. The molecule has 0 fully saturated rings. The van der Waals surface area contributed by atoms with Crippen LogP contribution in [-0.2, 0) is 10.0 Å². The van der Waals surface area contributed by atoms with Crippen LogP contribution in [0.25, 0.3) is 10.9 Å². The van der Waals surface area contributed by atoms with E-state index in [4.69, 9.17) is 11.6 Å². The van der Waals surface area contributed by atoms with Gasteiger partial charge in [-0.25, -0.2) is 13.1 Å². The molecule has 6 nitrogen and oxygen atoms in total. The smallest absolute Gasteiger partial charge is 0.267 e. The lowest BCUT2D eigenvalue weighted by Gasteiger charge is -2.08. The summed E-state index contributed by atoms with van der Waals surface area (Å²) >= 11 is 5.81. The molecule has 1 amide bonds. The van der Waals surface area contributed by atoms with Gasteiger partial charge < -0.3 is 10.3 Å². The molecule has 0 radical (unpaired) electrons. The van der Waals surface area contributed by atoms with E-state index in [2.05, 4.69) is 15.0 Å². The number of fused-ring (bicyclic) bond motifs is 1. The van der Waals surface area contributed by atoms with Crippen LogP contribution < -0.4 is 10.0 Å². The molecule has 3 aromatic rings. The first-order chi connectivity index (χ1) is 12.3. The molecule has 0 spiro atoms. The number of H-pyrrole nitrogens is 1. The van der Waals surface area contributed by atoms with Crippen molar-refractivity contribution in [1.29, 1.82) is 0 Å². The van der Waals surface area contributed by atoms with Crippen LogP contribution >= 0.6 is 11.6 Å². The second kappa shape index (κ2) is 7.49. The Labute approximate surface area is 156 Å². The highest BCUT2D eigenvalue weighted by Crippen LogP contribution is 2.17. The van der Waals surface area contributed by atoms with Crippen LogP contribution in [0.3, 0.4) is 0 Å². The second-order valence-corrected chi connectivity index (χ2v) is 8.09. The van der Waals surface area contributed by atoms with Gasteiger partial charge in [0, 0.05) is 29.0 Å². The molecule has 8 heteroatoms. The van der Waals surface area contributed by atoms with Crippen molar-refractivity contribution in [1.82, 2.24) is 15.0 Å². The summed E-state index contributed by atoms with van der Waals surface area (Å²) in [6.45, 7) is 2.21. The molecule has 1 aromatic heterocycles. The van der Waals surface area contributed by atoms with Gasteiger partial charge in [-0.3, -0.25) is 4.79 Å². The first kappa shape index (κ1) is 18.4. The summed E-state index contributed by atoms with van der Waals surface area (Å²) in [6, 6.07) is 13.6. The van der Waals surface area contributed by atoms with Crippen molar-refractivity contribution in [2.24, 2.45) is 0 Å². The Hall–Kier alpha value is -2.35. The monoisotopic (exact) mass is 391 g/mol. The molecular weight excluding hydrogens is 374 g/mol. The van der Waals surface area contributed by atoms with E-state index in [9.17, 15) is 13.2 Å². The largest absolute Gasteiger partial charge is 0.351 e. The van der Waals surface area contributed by atoms with E-state index in [1.807, 2.05) is 25.1 Å². The molecule has 3 N–H and O–H groups in total. The summed E-state index contributed by atoms with van der Waals surface area (Å²) in [6.07, 6.45) is 0. The van der Waals surface area contributed by atoms with E-state index in [0.29, 0.717) is 10.7 Å². The third-order valence-electron chi connectivity index (χ3n) is 3.83. The summed E-state index contributed by atoms with van der Waals surface area (Å²) in [5.41, 5.74) is 2.42. The fraction of sp³-hybridized carbons (Fsp3) is 0.167. The third-order valence-corrected chi connectivity index (χ3v) is 5.53. The van der Waals surface area contributed by atoms with Gasteiger partial charge in [0.1, 0.15) is 5.69 Å². The average Bonchev–Trinajstić information content (AvgIpc) is 3.02. The number of aromatic amines is 1. The van der Waals surface area contributed by atoms with Gasteiger partial charge in [0.05, 0.1) is 4.90 Å². The lowest BCUT2D eigenvalue weighted by Crippen LogP contribution is -2.34. The Balaban J connectivity index is 1.56. The number of hydrogen-bond donors (Lipinski definition) is 3. The number of carbonyl (C=O) groups is 1. The molecule has 0 aliphatic heterocycles. The zero-order valence-electron chi connectivity index (χ0n) is 14.0. The lowest BCUT2D eigenvalue weighted by atomic mass is 10.2. The second-order valence-electron chi connectivity index (χ2n) is 5.88. The van der Waals surface area contributed by atoms with Crippen molar-refractivity contribution < 1.29 is 13.2 Å². The maximum Gasteiger partial charge on any atom is 0.267 e. The van der Waals surface area contributed by atoms with Gasteiger partial charge in [0.2, 0.25) is 10.0 Å². The highest BCUT2D eigenvalue weighted by molar-refractivity contribution is 7.89. The van der Waals surface area contributed by atoms with Crippen LogP contribution in [0, 0.1) is 6.92 Å². The number of carbonyl (C=O) groups excluding carboxylic acids is 1. The summed E-state index contributed by atoms with van der Waals surface area (Å²) in [5, 5.41) is 3.98. The third kappa shape index (κ3) is 4.24. The SMILES string of the molecule is Cc1ccc2cc(C(=O)NCCNS(=O)(=O)c3cccc(Cl)c3)[nH]c2c1. The fourth-order valence-electron chi connectivity index (χ4n) is 2.54. The molecule has 0 unspecified atom stereocenters. The number of aryl methyl sites for hydroxylation is 1. The summed E-state index contributed by atoms with van der Waals surface area (Å²) in [5.74, 6) is -0.291. The average molecular weight is 392 g/mol. The maximum atomic E-state index is 12.2. The Kier molecular flexibility index (Phi) is 5.31. The van der Waals surface area contributed by atoms with E-state index < -0.39 is 10.0 Å². The Morgan fingerprint density at radius 3 is 2.69 bits per heavy atom. The molecule has 0 saturated carbocycles. The molecular formula is C18H18ClN3O3S. The van der Waals surface area contributed by atoms with E-state index in [-0.39, 0.29) is 23.9 Å². The predicted octanol–water partition coefficient (Wildman–Crippen LogP) is 2.84. The van der Waals surface area contributed by atoms with Crippen molar-refractivity contribution in [2.45, 2.75) is 11.8 Å². The van der Waals surface area contributed by atoms with Gasteiger partial charge >= 0.3 is 0 Å². The number of rotatable bonds is 6. The number of hydrogen-bond acceptors (Lipinski definition) is 3. The zero-order chi connectivity index (χ0) is 18.7. The Bertz CT molecular complexity index is 1060. The molecule has 26 heavy (non-hydrogen) atoms. The van der Waals surface area contributed by atoms with Crippen LogP contribution in [0.1, 0.15) is 16.1 Å². The van der Waals surface area contributed by atoms with Crippen LogP contribution in [0.5, 0.6) is 0 Å². The Morgan fingerprint density at radius 1 is 1.12 bits per heavy atom. The number of aromatic nitrogens is 1. The van der Waals surface area contributed by atoms with Gasteiger partial charge in [0.25, 0.3) is 5.91 Å². The lowest BCUT2D eigenvalue weighted by molar-refractivity contribution is 0.0950. The topological polar surface area (TPSA) is 91.1 Å². The minimum atomic E-state index is -3.66. The van der Waals surface area contributed by atoms with Crippen LogP contribution in [0.4, 0.5) is 0 Å². The molecule has 0 aliphatic rings. The number of sulfonamides is 1. The molecule has 1 heterocycles.